The minimum Gasteiger partial charge on any atom is -0.500 e. The van der Waals surface area contributed by atoms with Crippen molar-refractivity contribution in [1.82, 2.24) is 4.90 Å². The number of carbonyl (C=O) groups is 1. The van der Waals surface area contributed by atoms with E-state index in [1.54, 1.807) is 0 Å². The van der Waals surface area contributed by atoms with Gasteiger partial charge >= 0.3 is 5.69 Å². The van der Waals surface area contributed by atoms with Gasteiger partial charge in [0.15, 0.2) is 5.75 Å². The molecule has 10 heteroatoms. The van der Waals surface area contributed by atoms with Crippen molar-refractivity contribution in [2.75, 3.05) is 27.4 Å². The summed E-state index contributed by atoms with van der Waals surface area (Å²) in [6.45, 7) is 0.676. The fourth-order valence-corrected chi connectivity index (χ4v) is 3.33. The maximum atomic E-state index is 12.3. The van der Waals surface area contributed by atoms with Crippen molar-refractivity contribution in [3.63, 3.8) is 0 Å². The maximum absolute atomic E-state index is 12.3. The van der Waals surface area contributed by atoms with Gasteiger partial charge in [-0.15, -0.1) is 0 Å². The zero-order valence-corrected chi connectivity index (χ0v) is 14.5. The molecule has 1 aliphatic heterocycles. The number of thioether (sulfide) groups is 1. The molecule has 1 fully saturated rings. The predicted octanol–water partition coefficient (Wildman–Crippen LogP) is 2.16. The first-order valence-electron chi connectivity index (χ1n) is 6.68. The van der Waals surface area contributed by atoms with Crippen molar-refractivity contribution in [2.24, 2.45) is 0 Å². The van der Waals surface area contributed by atoms with Crippen LogP contribution in [0.5, 0.6) is 11.5 Å². The molecule has 1 heterocycles. The monoisotopic (exact) mass is 370 g/mol. The number of hydrogen-bond acceptors (Lipinski definition) is 8. The standard InChI is InChI=1S/C14H14N2O6S2/c1-21-4-3-15-13(18)11(24-14(15)23)7-8-5-9(16(19)20)12(17)10(6-8)22-2/h5-7,17H,3-4H2,1-2H3/b11-7-. The van der Waals surface area contributed by atoms with Crippen LogP contribution >= 0.6 is 24.0 Å². The van der Waals surface area contributed by atoms with Crippen LogP contribution in [0, 0.1) is 10.1 Å². The van der Waals surface area contributed by atoms with Crippen LogP contribution in [0.1, 0.15) is 5.56 Å². The number of benzene rings is 1. The molecule has 0 atom stereocenters. The second-order valence-electron chi connectivity index (χ2n) is 4.67. The smallest absolute Gasteiger partial charge is 0.315 e. The topological polar surface area (TPSA) is 102 Å². The van der Waals surface area contributed by atoms with Gasteiger partial charge in [-0.05, 0) is 17.7 Å². The Morgan fingerprint density at radius 2 is 2.17 bits per heavy atom. The first-order chi connectivity index (χ1) is 11.4. The number of nitro benzene ring substituents is 1. The summed E-state index contributed by atoms with van der Waals surface area (Å²) < 4.78 is 10.3. The largest absolute Gasteiger partial charge is 0.500 e. The fourth-order valence-electron chi connectivity index (χ4n) is 2.02. The number of rotatable bonds is 6. The normalized spacial score (nSPS) is 16.1. The number of phenols is 1. The van der Waals surface area contributed by atoms with Crippen LogP contribution in [0.25, 0.3) is 6.08 Å². The van der Waals surface area contributed by atoms with Crippen LogP contribution in [0.3, 0.4) is 0 Å². The SMILES string of the molecule is COCCN1C(=O)/C(=C/c2cc(OC)c(O)c([N+](=O)[O-])c2)SC1=S. The second-order valence-corrected chi connectivity index (χ2v) is 6.35. The molecule has 0 radical (unpaired) electrons. The predicted molar refractivity (Wildman–Crippen MR) is 93.1 cm³/mol. The lowest BCUT2D eigenvalue weighted by atomic mass is 10.1. The molecule has 2 rings (SSSR count). The van der Waals surface area contributed by atoms with Gasteiger partial charge in [0.2, 0.25) is 5.75 Å². The quantitative estimate of drug-likeness (QED) is 0.352. The summed E-state index contributed by atoms with van der Waals surface area (Å²) in [6.07, 6.45) is 1.47. The van der Waals surface area contributed by atoms with Crippen LogP contribution in [-0.2, 0) is 9.53 Å². The molecule has 1 aromatic rings. The van der Waals surface area contributed by atoms with Gasteiger partial charge in [-0.1, -0.05) is 24.0 Å². The number of phenolic OH excluding ortho intramolecular Hbond substituents is 1. The van der Waals surface area contributed by atoms with E-state index in [9.17, 15) is 20.0 Å². The van der Waals surface area contributed by atoms with Gasteiger partial charge in [0.05, 0.1) is 30.1 Å². The van der Waals surface area contributed by atoms with E-state index >= 15 is 0 Å². The fraction of sp³-hybridized carbons (Fsp3) is 0.286. The summed E-state index contributed by atoms with van der Waals surface area (Å²) in [7, 11) is 2.81. The molecule has 1 aromatic carbocycles. The first-order valence-corrected chi connectivity index (χ1v) is 7.91. The number of hydrogen-bond donors (Lipinski definition) is 1. The molecule has 0 spiro atoms. The average Bonchev–Trinajstić information content (AvgIpc) is 2.80. The molecule has 1 saturated heterocycles. The van der Waals surface area contributed by atoms with Crippen molar-refractivity contribution in [1.29, 1.82) is 0 Å². The molecule has 1 N–H and O–H groups in total. The summed E-state index contributed by atoms with van der Waals surface area (Å²) in [6, 6.07) is 2.57. The Balaban J connectivity index is 2.38. The molecule has 24 heavy (non-hydrogen) atoms. The zero-order valence-electron chi connectivity index (χ0n) is 12.8. The van der Waals surface area contributed by atoms with Crippen molar-refractivity contribution >= 4 is 46.0 Å². The molecule has 8 nitrogen and oxygen atoms in total. The Morgan fingerprint density at radius 3 is 2.75 bits per heavy atom. The number of aromatic hydroxyl groups is 1. The molecule has 1 amide bonds. The average molecular weight is 370 g/mol. The van der Waals surface area contributed by atoms with Crippen LogP contribution < -0.4 is 4.74 Å². The number of ether oxygens (including phenoxy) is 2. The maximum Gasteiger partial charge on any atom is 0.315 e. The molecular formula is C14H14N2O6S2. The molecular weight excluding hydrogens is 356 g/mol. The van der Waals surface area contributed by atoms with E-state index in [1.807, 2.05) is 0 Å². The Labute approximate surface area is 147 Å². The highest BCUT2D eigenvalue weighted by Crippen LogP contribution is 2.39. The van der Waals surface area contributed by atoms with Crippen LogP contribution in [-0.4, -0.2) is 52.5 Å². The summed E-state index contributed by atoms with van der Waals surface area (Å²) >= 11 is 6.26. The summed E-state index contributed by atoms with van der Waals surface area (Å²) in [5.41, 5.74) is -0.154. The second kappa shape index (κ2) is 7.60. The van der Waals surface area contributed by atoms with Gasteiger partial charge in [0.25, 0.3) is 5.91 Å². The Bertz CT molecular complexity index is 734. The number of carbonyl (C=O) groups excluding carboxylic acids is 1. The third kappa shape index (κ3) is 3.66. The zero-order chi connectivity index (χ0) is 17.9. The van der Waals surface area contributed by atoms with E-state index in [1.165, 1.54) is 37.3 Å². The first kappa shape index (κ1) is 18.2. The minimum absolute atomic E-state index is 0.0506. The molecule has 128 valence electrons. The van der Waals surface area contributed by atoms with Crippen LogP contribution in [0.15, 0.2) is 17.0 Å². The van der Waals surface area contributed by atoms with Crippen LogP contribution in [0.2, 0.25) is 0 Å². The number of amides is 1. The number of nitro groups is 1. The highest BCUT2D eigenvalue weighted by Gasteiger charge is 2.32. The van der Waals surface area contributed by atoms with E-state index in [-0.39, 0.29) is 11.7 Å². The number of methoxy groups -OCH3 is 2. The molecule has 1 aliphatic rings. The van der Waals surface area contributed by atoms with Crippen molar-refractivity contribution in [2.45, 2.75) is 0 Å². The van der Waals surface area contributed by atoms with Gasteiger partial charge in [-0.25, -0.2) is 0 Å². The third-order valence-electron chi connectivity index (χ3n) is 3.18. The molecule has 0 aromatic heterocycles. The molecule has 0 aliphatic carbocycles. The molecule has 0 unspecified atom stereocenters. The van der Waals surface area contributed by atoms with Crippen LogP contribution in [0.4, 0.5) is 5.69 Å². The minimum atomic E-state index is -0.723. The molecule has 0 saturated carbocycles. The summed E-state index contributed by atoms with van der Waals surface area (Å²) in [5.74, 6) is -0.908. The number of nitrogens with zero attached hydrogens (tertiary/aromatic N) is 2. The van der Waals surface area contributed by atoms with Gasteiger partial charge in [0.1, 0.15) is 4.32 Å². The van der Waals surface area contributed by atoms with E-state index in [4.69, 9.17) is 21.7 Å². The van der Waals surface area contributed by atoms with E-state index in [2.05, 4.69) is 0 Å². The Kier molecular flexibility index (Phi) is 5.75. The van der Waals surface area contributed by atoms with Crippen molar-refractivity contribution in [3.8, 4) is 11.5 Å². The van der Waals surface area contributed by atoms with E-state index < -0.39 is 16.4 Å². The highest BCUT2D eigenvalue weighted by molar-refractivity contribution is 8.26. The van der Waals surface area contributed by atoms with Gasteiger partial charge in [-0.3, -0.25) is 19.8 Å². The lowest BCUT2D eigenvalue weighted by molar-refractivity contribution is -0.386. The number of thiocarbonyl (C=S) groups is 1. The highest BCUT2D eigenvalue weighted by atomic mass is 32.2. The lowest BCUT2D eigenvalue weighted by Gasteiger charge is -2.12. The third-order valence-corrected chi connectivity index (χ3v) is 4.56. The van der Waals surface area contributed by atoms with Crippen molar-refractivity contribution in [3.05, 3.63) is 32.7 Å². The summed E-state index contributed by atoms with van der Waals surface area (Å²) in [4.78, 5) is 24.4. The Morgan fingerprint density at radius 1 is 1.46 bits per heavy atom. The lowest BCUT2D eigenvalue weighted by Crippen LogP contribution is -2.31. The summed E-state index contributed by atoms with van der Waals surface area (Å²) in [5, 5.41) is 20.8. The van der Waals surface area contributed by atoms with E-state index in [0.29, 0.717) is 27.9 Å². The van der Waals surface area contributed by atoms with Gasteiger partial charge in [-0.2, -0.15) is 0 Å². The molecule has 0 bridgehead atoms. The Hall–Kier alpha value is -2.17. The van der Waals surface area contributed by atoms with Gasteiger partial charge in [0, 0.05) is 13.2 Å². The van der Waals surface area contributed by atoms with Crippen molar-refractivity contribution < 1.29 is 24.3 Å². The van der Waals surface area contributed by atoms with Gasteiger partial charge < -0.3 is 14.6 Å². The van der Waals surface area contributed by atoms with E-state index in [0.717, 1.165) is 11.8 Å².